The Bertz CT molecular complexity index is 644. The first kappa shape index (κ1) is 12.8. The molecule has 0 saturated heterocycles. The van der Waals surface area contributed by atoms with Crippen LogP contribution in [0.15, 0.2) is 36.4 Å². The minimum Gasteiger partial charge on any atom is -0.397 e. The normalized spacial score (nSPS) is 10.2. The molecule has 98 valence electrons. The molecule has 0 saturated carbocycles. The van der Waals surface area contributed by atoms with Gasteiger partial charge in [-0.3, -0.25) is 4.79 Å². The summed E-state index contributed by atoms with van der Waals surface area (Å²) in [5.74, 6) is -2.58. The summed E-state index contributed by atoms with van der Waals surface area (Å²) in [6.07, 6.45) is 0. The van der Waals surface area contributed by atoms with Crippen molar-refractivity contribution in [3.8, 4) is 0 Å². The van der Waals surface area contributed by atoms with Gasteiger partial charge < -0.3 is 16.8 Å². The van der Waals surface area contributed by atoms with Crippen molar-refractivity contribution in [1.29, 1.82) is 0 Å². The Labute approximate surface area is 108 Å². The quantitative estimate of drug-likeness (QED) is 0.744. The van der Waals surface area contributed by atoms with Gasteiger partial charge in [0.05, 0.1) is 17.1 Å². The lowest BCUT2D eigenvalue weighted by Gasteiger charge is -2.11. The van der Waals surface area contributed by atoms with Gasteiger partial charge in [0.15, 0.2) is 11.6 Å². The maximum atomic E-state index is 13.5. The van der Waals surface area contributed by atoms with E-state index in [1.165, 1.54) is 30.3 Å². The highest BCUT2D eigenvalue weighted by Crippen LogP contribution is 2.26. The van der Waals surface area contributed by atoms with Crippen LogP contribution in [0.3, 0.4) is 0 Å². The van der Waals surface area contributed by atoms with Crippen molar-refractivity contribution in [3.05, 3.63) is 53.6 Å². The smallest absolute Gasteiger partial charge is 0.248 e. The molecular formula is C13H11F2N3O. The number of hydrogen-bond acceptors (Lipinski definition) is 3. The SMILES string of the molecule is NC(=O)c1ccc(Nc2cccc(F)c2F)c(N)c1. The summed E-state index contributed by atoms with van der Waals surface area (Å²) in [5.41, 5.74) is 11.6. The third kappa shape index (κ3) is 2.62. The van der Waals surface area contributed by atoms with Gasteiger partial charge in [-0.15, -0.1) is 0 Å². The fourth-order valence-electron chi connectivity index (χ4n) is 1.58. The van der Waals surface area contributed by atoms with Crippen LogP contribution in [0.2, 0.25) is 0 Å². The van der Waals surface area contributed by atoms with Gasteiger partial charge in [0.25, 0.3) is 0 Å². The van der Waals surface area contributed by atoms with E-state index < -0.39 is 17.5 Å². The first-order valence-electron chi connectivity index (χ1n) is 5.39. The maximum absolute atomic E-state index is 13.5. The van der Waals surface area contributed by atoms with E-state index >= 15 is 0 Å². The lowest BCUT2D eigenvalue weighted by Crippen LogP contribution is -2.11. The van der Waals surface area contributed by atoms with Gasteiger partial charge in [-0.05, 0) is 30.3 Å². The van der Waals surface area contributed by atoms with Crippen LogP contribution >= 0.6 is 0 Å². The van der Waals surface area contributed by atoms with Crippen molar-refractivity contribution in [3.63, 3.8) is 0 Å². The second-order valence-corrected chi connectivity index (χ2v) is 3.89. The molecule has 19 heavy (non-hydrogen) atoms. The molecule has 0 atom stereocenters. The van der Waals surface area contributed by atoms with E-state index in [0.717, 1.165) is 6.07 Å². The summed E-state index contributed by atoms with van der Waals surface area (Å²) >= 11 is 0. The Morgan fingerprint density at radius 1 is 1.11 bits per heavy atom. The van der Waals surface area contributed by atoms with Gasteiger partial charge in [0.1, 0.15) is 0 Å². The molecule has 1 amide bonds. The number of anilines is 3. The first-order valence-corrected chi connectivity index (χ1v) is 5.39. The van der Waals surface area contributed by atoms with E-state index in [1.54, 1.807) is 0 Å². The molecule has 0 unspecified atom stereocenters. The fourth-order valence-corrected chi connectivity index (χ4v) is 1.58. The molecule has 2 aromatic carbocycles. The zero-order chi connectivity index (χ0) is 14.0. The van der Waals surface area contributed by atoms with Crippen LogP contribution < -0.4 is 16.8 Å². The number of hydrogen-bond donors (Lipinski definition) is 3. The number of halogens is 2. The molecular weight excluding hydrogens is 252 g/mol. The molecule has 0 aromatic heterocycles. The van der Waals surface area contributed by atoms with E-state index in [4.69, 9.17) is 11.5 Å². The average molecular weight is 263 g/mol. The number of nitrogens with two attached hydrogens (primary N) is 2. The maximum Gasteiger partial charge on any atom is 0.248 e. The summed E-state index contributed by atoms with van der Waals surface area (Å²) in [4.78, 5) is 11.0. The minimum absolute atomic E-state index is 0.0430. The molecule has 0 spiro atoms. The Balaban J connectivity index is 2.34. The number of benzene rings is 2. The van der Waals surface area contributed by atoms with Crippen LogP contribution in [0.1, 0.15) is 10.4 Å². The van der Waals surface area contributed by atoms with Gasteiger partial charge in [-0.25, -0.2) is 8.78 Å². The van der Waals surface area contributed by atoms with Gasteiger partial charge in [0.2, 0.25) is 5.91 Å². The molecule has 6 heteroatoms. The van der Waals surface area contributed by atoms with E-state index in [-0.39, 0.29) is 16.9 Å². The van der Waals surface area contributed by atoms with Crippen LogP contribution in [0.5, 0.6) is 0 Å². The zero-order valence-corrected chi connectivity index (χ0v) is 9.78. The summed E-state index contributed by atoms with van der Waals surface area (Å²) in [6, 6.07) is 8.04. The second kappa shape index (κ2) is 4.93. The van der Waals surface area contributed by atoms with Crippen molar-refractivity contribution in [1.82, 2.24) is 0 Å². The number of nitrogens with one attached hydrogen (secondary N) is 1. The Kier molecular flexibility index (Phi) is 3.33. The van der Waals surface area contributed by atoms with Crippen LogP contribution in [-0.4, -0.2) is 5.91 Å². The molecule has 0 fully saturated rings. The Morgan fingerprint density at radius 3 is 2.47 bits per heavy atom. The van der Waals surface area contributed by atoms with Gasteiger partial charge in [-0.1, -0.05) is 6.07 Å². The summed E-state index contributed by atoms with van der Waals surface area (Å²) in [6.45, 7) is 0. The van der Waals surface area contributed by atoms with Crippen molar-refractivity contribution >= 4 is 23.0 Å². The van der Waals surface area contributed by atoms with Crippen molar-refractivity contribution in [2.45, 2.75) is 0 Å². The average Bonchev–Trinajstić information content (AvgIpc) is 2.37. The zero-order valence-electron chi connectivity index (χ0n) is 9.78. The number of amides is 1. The highest BCUT2D eigenvalue weighted by Gasteiger charge is 2.10. The highest BCUT2D eigenvalue weighted by atomic mass is 19.2. The molecule has 5 N–H and O–H groups in total. The van der Waals surface area contributed by atoms with Crippen LogP contribution in [0.25, 0.3) is 0 Å². The predicted molar refractivity (Wildman–Crippen MR) is 69.0 cm³/mol. The molecule has 2 aromatic rings. The molecule has 0 aliphatic carbocycles. The molecule has 0 aliphatic heterocycles. The van der Waals surface area contributed by atoms with E-state index in [0.29, 0.717) is 5.69 Å². The molecule has 0 aliphatic rings. The Hall–Kier alpha value is -2.63. The van der Waals surface area contributed by atoms with Crippen molar-refractivity contribution in [2.75, 3.05) is 11.1 Å². The second-order valence-electron chi connectivity index (χ2n) is 3.89. The third-order valence-electron chi connectivity index (χ3n) is 2.56. The van der Waals surface area contributed by atoms with Crippen molar-refractivity contribution < 1.29 is 13.6 Å². The monoisotopic (exact) mass is 263 g/mol. The summed E-state index contributed by atoms with van der Waals surface area (Å²) < 4.78 is 26.5. The van der Waals surface area contributed by atoms with Crippen molar-refractivity contribution in [2.24, 2.45) is 5.73 Å². The minimum atomic E-state index is -0.999. The number of carbonyl (C=O) groups excluding carboxylic acids is 1. The summed E-state index contributed by atoms with van der Waals surface area (Å²) in [7, 11) is 0. The fraction of sp³-hybridized carbons (Fsp3) is 0. The topological polar surface area (TPSA) is 81.1 Å². The molecule has 0 radical (unpaired) electrons. The third-order valence-corrected chi connectivity index (χ3v) is 2.56. The molecule has 0 heterocycles. The first-order chi connectivity index (χ1) is 8.99. The van der Waals surface area contributed by atoms with Gasteiger partial charge in [-0.2, -0.15) is 0 Å². The number of rotatable bonds is 3. The number of carbonyl (C=O) groups is 1. The number of primary amides is 1. The van der Waals surface area contributed by atoms with Crippen LogP contribution in [0.4, 0.5) is 25.8 Å². The molecule has 2 rings (SSSR count). The standard InChI is InChI=1S/C13H11F2N3O/c14-8-2-1-3-11(12(8)15)18-10-5-4-7(13(17)19)6-9(10)16/h1-6,18H,16H2,(H2,17,19). The predicted octanol–water partition coefficient (Wildman–Crippen LogP) is 2.39. The Morgan fingerprint density at radius 2 is 1.84 bits per heavy atom. The van der Waals surface area contributed by atoms with Gasteiger partial charge >= 0.3 is 0 Å². The molecule has 0 bridgehead atoms. The largest absolute Gasteiger partial charge is 0.397 e. The van der Waals surface area contributed by atoms with Crippen LogP contribution in [-0.2, 0) is 0 Å². The van der Waals surface area contributed by atoms with E-state index in [9.17, 15) is 13.6 Å². The molecule has 4 nitrogen and oxygen atoms in total. The van der Waals surface area contributed by atoms with Crippen LogP contribution in [0, 0.1) is 11.6 Å². The number of nitrogen functional groups attached to an aromatic ring is 1. The highest BCUT2D eigenvalue weighted by molar-refractivity contribution is 5.95. The van der Waals surface area contributed by atoms with E-state index in [2.05, 4.69) is 5.32 Å². The van der Waals surface area contributed by atoms with E-state index in [1.807, 2.05) is 0 Å². The summed E-state index contributed by atoms with van der Waals surface area (Å²) in [5, 5.41) is 2.66. The lowest BCUT2D eigenvalue weighted by atomic mass is 10.1. The lowest BCUT2D eigenvalue weighted by molar-refractivity contribution is 0.100. The van der Waals surface area contributed by atoms with Gasteiger partial charge in [0, 0.05) is 5.56 Å².